The molecule has 3 rings (SSSR count). The van der Waals surface area contributed by atoms with Gasteiger partial charge in [-0.25, -0.2) is 4.98 Å². The van der Waals surface area contributed by atoms with Crippen molar-refractivity contribution in [2.45, 2.75) is 37.7 Å². The molecule has 0 amide bonds. The van der Waals surface area contributed by atoms with Crippen molar-refractivity contribution in [1.82, 2.24) is 19.6 Å². The minimum absolute atomic E-state index is 0.122. The molecule has 1 aromatic carbocycles. The Bertz CT molecular complexity index is 815. The molecular weight excluding hydrogens is 351 g/mol. The summed E-state index contributed by atoms with van der Waals surface area (Å²) in [6, 6.07) is 8.06. The molecule has 9 heteroatoms. The van der Waals surface area contributed by atoms with E-state index in [-0.39, 0.29) is 16.7 Å². The molecule has 2 aromatic heterocycles. The van der Waals surface area contributed by atoms with E-state index in [9.17, 15) is 13.2 Å². The second kappa shape index (κ2) is 8.19. The quantitative estimate of drug-likeness (QED) is 0.677. The van der Waals surface area contributed by atoms with Crippen molar-refractivity contribution in [2.75, 3.05) is 5.32 Å². The van der Waals surface area contributed by atoms with Gasteiger partial charge in [-0.2, -0.15) is 27.8 Å². The number of fused-ring (bicyclic) bond motifs is 1. The third-order valence-electron chi connectivity index (χ3n) is 3.01. The van der Waals surface area contributed by atoms with E-state index in [1.165, 1.54) is 18.5 Å². The minimum atomic E-state index is -4.27. The molecule has 0 fully saturated rings. The van der Waals surface area contributed by atoms with Gasteiger partial charge in [-0.1, -0.05) is 26.0 Å². The highest BCUT2D eigenvalue weighted by molar-refractivity contribution is 8.00. The lowest BCUT2D eigenvalue weighted by molar-refractivity contribution is -0.0328. The summed E-state index contributed by atoms with van der Waals surface area (Å²) >= 11 is -0.122. The predicted octanol–water partition coefficient (Wildman–Crippen LogP) is 4.68. The van der Waals surface area contributed by atoms with Crippen LogP contribution in [0.2, 0.25) is 0 Å². The van der Waals surface area contributed by atoms with Crippen LogP contribution >= 0.6 is 11.8 Å². The first-order valence-corrected chi connectivity index (χ1v) is 8.48. The molecule has 0 aliphatic carbocycles. The summed E-state index contributed by atoms with van der Waals surface area (Å²) in [6.07, 6.45) is 1.41. The highest BCUT2D eigenvalue weighted by Gasteiger charge is 2.28. The number of hydrogen-bond acceptors (Lipinski definition) is 5. The van der Waals surface area contributed by atoms with Crippen LogP contribution in [0.4, 0.5) is 19.0 Å². The SMILES string of the molecule is CC.Cc1cc(NCc2ccc(SC(F)(F)F)cc2)n2ncnc2n1. The zero-order valence-electron chi connectivity index (χ0n) is 14.0. The van der Waals surface area contributed by atoms with Gasteiger partial charge in [-0.3, -0.25) is 0 Å². The standard InChI is InChI=1S/C14H12F3N5S.C2H6/c1-9-6-12(22-13(21-9)19-8-20-22)18-7-10-2-4-11(5-3-10)23-14(15,16)17;1-2/h2-6,8,18H,7H2,1H3;1-2H3. The number of halogens is 3. The fourth-order valence-corrected chi connectivity index (χ4v) is 2.60. The molecule has 0 aliphatic heterocycles. The van der Waals surface area contributed by atoms with Crippen molar-refractivity contribution in [3.63, 3.8) is 0 Å². The predicted molar refractivity (Wildman–Crippen MR) is 92.5 cm³/mol. The third kappa shape index (κ3) is 5.35. The fraction of sp³-hybridized carbons (Fsp3) is 0.312. The number of alkyl halides is 3. The summed E-state index contributed by atoms with van der Waals surface area (Å²) in [4.78, 5) is 8.44. The third-order valence-corrected chi connectivity index (χ3v) is 3.75. The summed E-state index contributed by atoms with van der Waals surface area (Å²) in [6.45, 7) is 6.30. The lowest BCUT2D eigenvalue weighted by Crippen LogP contribution is -2.07. The van der Waals surface area contributed by atoms with Crippen LogP contribution in [0.3, 0.4) is 0 Å². The van der Waals surface area contributed by atoms with Crippen LogP contribution in [-0.2, 0) is 6.54 Å². The van der Waals surface area contributed by atoms with Gasteiger partial charge >= 0.3 is 5.51 Å². The number of nitrogens with zero attached hydrogens (tertiary/aromatic N) is 4. The smallest absolute Gasteiger partial charge is 0.366 e. The van der Waals surface area contributed by atoms with Gasteiger partial charge in [0.1, 0.15) is 12.1 Å². The van der Waals surface area contributed by atoms with Gasteiger partial charge in [0, 0.05) is 23.2 Å². The molecule has 0 radical (unpaired) electrons. The number of nitrogens with one attached hydrogen (secondary N) is 1. The highest BCUT2D eigenvalue weighted by atomic mass is 32.2. The molecule has 2 heterocycles. The molecule has 25 heavy (non-hydrogen) atoms. The Morgan fingerprint density at radius 1 is 1.16 bits per heavy atom. The Labute approximate surface area is 147 Å². The molecule has 1 N–H and O–H groups in total. The van der Waals surface area contributed by atoms with Gasteiger partial charge in [0.2, 0.25) is 0 Å². The van der Waals surface area contributed by atoms with E-state index in [1.54, 1.807) is 16.6 Å². The summed E-state index contributed by atoms with van der Waals surface area (Å²) in [7, 11) is 0. The van der Waals surface area contributed by atoms with Crippen LogP contribution in [0.15, 0.2) is 41.6 Å². The molecule has 0 spiro atoms. The van der Waals surface area contributed by atoms with Crippen molar-refractivity contribution >= 4 is 23.4 Å². The van der Waals surface area contributed by atoms with Gasteiger partial charge in [0.25, 0.3) is 5.78 Å². The van der Waals surface area contributed by atoms with Crippen molar-refractivity contribution < 1.29 is 13.2 Å². The first kappa shape index (κ1) is 19.0. The summed E-state index contributed by atoms with van der Waals surface area (Å²) in [5, 5.41) is 7.27. The first-order chi connectivity index (χ1) is 11.9. The van der Waals surface area contributed by atoms with E-state index >= 15 is 0 Å². The Balaban J connectivity index is 0.00000109. The normalized spacial score (nSPS) is 11.1. The minimum Gasteiger partial charge on any atom is -0.366 e. The maximum atomic E-state index is 12.3. The van der Waals surface area contributed by atoms with E-state index in [1.807, 2.05) is 26.8 Å². The maximum absolute atomic E-state index is 12.3. The Morgan fingerprint density at radius 3 is 2.48 bits per heavy atom. The lowest BCUT2D eigenvalue weighted by atomic mass is 10.2. The van der Waals surface area contributed by atoms with Gasteiger partial charge in [0.05, 0.1) is 0 Å². The van der Waals surface area contributed by atoms with E-state index < -0.39 is 5.51 Å². The fourth-order valence-electron chi connectivity index (χ4n) is 2.06. The van der Waals surface area contributed by atoms with Crippen LogP contribution in [0.25, 0.3) is 5.78 Å². The molecule has 0 saturated heterocycles. The average Bonchev–Trinajstić information content (AvgIpc) is 3.02. The van der Waals surface area contributed by atoms with E-state index in [0.717, 1.165) is 17.1 Å². The Hall–Kier alpha value is -2.29. The molecule has 5 nitrogen and oxygen atoms in total. The van der Waals surface area contributed by atoms with Crippen LogP contribution < -0.4 is 5.32 Å². The van der Waals surface area contributed by atoms with Gasteiger partial charge in [-0.05, 0) is 36.4 Å². The summed E-state index contributed by atoms with van der Waals surface area (Å²) in [5.41, 5.74) is -2.61. The zero-order valence-corrected chi connectivity index (χ0v) is 14.8. The number of thioether (sulfide) groups is 1. The zero-order chi connectivity index (χ0) is 18.4. The average molecular weight is 369 g/mol. The molecule has 0 atom stereocenters. The van der Waals surface area contributed by atoms with Crippen molar-refractivity contribution in [3.8, 4) is 0 Å². The lowest BCUT2D eigenvalue weighted by Gasteiger charge is -2.10. The second-order valence-electron chi connectivity index (χ2n) is 4.80. The highest BCUT2D eigenvalue weighted by Crippen LogP contribution is 2.36. The maximum Gasteiger partial charge on any atom is 0.446 e. The van der Waals surface area contributed by atoms with Crippen LogP contribution in [0.5, 0.6) is 0 Å². The molecule has 134 valence electrons. The number of aryl methyl sites for hydroxylation is 1. The van der Waals surface area contributed by atoms with Crippen molar-refractivity contribution in [3.05, 3.63) is 47.9 Å². The topological polar surface area (TPSA) is 55.1 Å². The van der Waals surface area contributed by atoms with Crippen LogP contribution in [0.1, 0.15) is 25.1 Å². The van der Waals surface area contributed by atoms with E-state index in [4.69, 9.17) is 0 Å². The number of benzene rings is 1. The van der Waals surface area contributed by atoms with Crippen LogP contribution in [-0.4, -0.2) is 25.1 Å². The second-order valence-corrected chi connectivity index (χ2v) is 5.94. The Morgan fingerprint density at radius 2 is 1.84 bits per heavy atom. The van der Waals surface area contributed by atoms with Crippen molar-refractivity contribution in [1.29, 1.82) is 0 Å². The van der Waals surface area contributed by atoms with Crippen molar-refractivity contribution in [2.24, 2.45) is 0 Å². The number of hydrogen-bond donors (Lipinski definition) is 1. The van der Waals surface area contributed by atoms with Gasteiger partial charge in [-0.15, -0.1) is 0 Å². The molecule has 3 aromatic rings. The molecular formula is C16H18F3N5S. The number of rotatable bonds is 4. The number of anilines is 1. The van der Waals surface area contributed by atoms with E-state index in [2.05, 4.69) is 20.4 Å². The van der Waals surface area contributed by atoms with E-state index in [0.29, 0.717) is 12.3 Å². The first-order valence-electron chi connectivity index (χ1n) is 7.67. The van der Waals surface area contributed by atoms with Crippen LogP contribution in [0, 0.1) is 6.92 Å². The largest absolute Gasteiger partial charge is 0.446 e. The summed E-state index contributed by atoms with van der Waals surface area (Å²) < 4.78 is 38.5. The monoisotopic (exact) mass is 369 g/mol. The summed E-state index contributed by atoms with van der Waals surface area (Å²) in [5.74, 6) is 1.21. The molecule has 0 bridgehead atoms. The van der Waals surface area contributed by atoms with Gasteiger partial charge < -0.3 is 5.32 Å². The molecule has 0 aliphatic rings. The Kier molecular flexibility index (Phi) is 6.24. The molecule has 0 saturated carbocycles. The number of aromatic nitrogens is 4. The van der Waals surface area contributed by atoms with Gasteiger partial charge in [0.15, 0.2) is 0 Å². The molecule has 0 unspecified atom stereocenters.